The number of fused-ring (bicyclic) bond motifs is 1. The Bertz CT molecular complexity index is 382. The van der Waals surface area contributed by atoms with E-state index in [4.69, 9.17) is 4.74 Å². The van der Waals surface area contributed by atoms with Gasteiger partial charge in [0, 0.05) is 12.0 Å². The molecule has 0 aromatic heterocycles. The average molecular weight is 220 g/mol. The Hall–Kier alpha value is -1.02. The van der Waals surface area contributed by atoms with E-state index < -0.39 is 0 Å². The second kappa shape index (κ2) is 4.10. The number of aliphatic hydroxyl groups is 1. The minimum absolute atomic E-state index is 0.159. The van der Waals surface area contributed by atoms with E-state index >= 15 is 0 Å². The second-order valence-corrected chi connectivity index (χ2v) is 5.14. The predicted molar refractivity (Wildman–Crippen MR) is 64.8 cm³/mol. The van der Waals surface area contributed by atoms with E-state index in [1.807, 2.05) is 6.07 Å². The van der Waals surface area contributed by atoms with Crippen LogP contribution in [0.2, 0.25) is 0 Å². The molecule has 0 radical (unpaired) electrons. The third-order valence-electron chi connectivity index (χ3n) is 3.68. The quantitative estimate of drug-likeness (QED) is 0.829. The van der Waals surface area contributed by atoms with Crippen molar-refractivity contribution in [1.29, 1.82) is 0 Å². The molecule has 88 valence electrons. The Morgan fingerprint density at radius 3 is 2.88 bits per heavy atom. The summed E-state index contributed by atoms with van der Waals surface area (Å²) in [5.74, 6) is 0.842. The summed E-state index contributed by atoms with van der Waals surface area (Å²) in [5, 5.41) is 9.94. The molecule has 2 nitrogen and oxygen atoms in total. The molecule has 0 aliphatic carbocycles. The topological polar surface area (TPSA) is 29.5 Å². The molecule has 0 amide bonds. The Kier molecular flexibility index (Phi) is 2.94. The first kappa shape index (κ1) is 11.5. The standard InChI is InChI=1S/C14H20O2/c1-4-14(2,3)10-5-6-13-11(9-10)12(15)7-8-16-13/h5-6,9,12,15H,4,7-8H2,1-3H3. The van der Waals surface area contributed by atoms with Crippen molar-refractivity contribution >= 4 is 0 Å². The lowest BCUT2D eigenvalue weighted by molar-refractivity contribution is 0.115. The van der Waals surface area contributed by atoms with Crippen molar-refractivity contribution < 1.29 is 9.84 Å². The lowest BCUT2D eigenvalue weighted by atomic mass is 9.81. The van der Waals surface area contributed by atoms with E-state index in [2.05, 4.69) is 32.9 Å². The van der Waals surface area contributed by atoms with E-state index in [9.17, 15) is 5.11 Å². The van der Waals surface area contributed by atoms with E-state index in [1.54, 1.807) is 0 Å². The van der Waals surface area contributed by atoms with Gasteiger partial charge in [-0.2, -0.15) is 0 Å². The first-order chi connectivity index (χ1) is 7.54. The van der Waals surface area contributed by atoms with Crippen LogP contribution in [0, 0.1) is 0 Å². The zero-order valence-corrected chi connectivity index (χ0v) is 10.3. The minimum Gasteiger partial charge on any atom is -0.493 e. The summed E-state index contributed by atoms with van der Waals surface area (Å²) in [7, 11) is 0. The maximum atomic E-state index is 9.94. The van der Waals surface area contributed by atoms with Gasteiger partial charge < -0.3 is 9.84 Å². The molecule has 16 heavy (non-hydrogen) atoms. The molecule has 0 saturated heterocycles. The molecule has 1 unspecified atom stereocenters. The Morgan fingerprint density at radius 2 is 2.19 bits per heavy atom. The minimum atomic E-state index is -0.364. The molecule has 0 bridgehead atoms. The number of rotatable bonds is 2. The molecule has 1 aliphatic heterocycles. The normalized spacial score (nSPS) is 20.1. The van der Waals surface area contributed by atoms with Gasteiger partial charge in [-0.1, -0.05) is 26.8 Å². The van der Waals surface area contributed by atoms with Crippen molar-refractivity contribution in [3.8, 4) is 5.75 Å². The zero-order chi connectivity index (χ0) is 11.8. The highest BCUT2D eigenvalue weighted by atomic mass is 16.5. The van der Waals surface area contributed by atoms with Crippen LogP contribution in [0.25, 0.3) is 0 Å². The van der Waals surface area contributed by atoms with Gasteiger partial charge in [0.15, 0.2) is 0 Å². The highest BCUT2D eigenvalue weighted by Gasteiger charge is 2.24. The predicted octanol–water partition coefficient (Wildman–Crippen LogP) is 3.19. The van der Waals surface area contributed by atoms with Gasteiger partial charge in [-0.3, -0.25) is 0 Å². The molecule has 2 rings (SSSR count). The van der Waals surface area contributed by atoms with Gasteiger partial charge in [0.2, 0.25) is 0 Å². The lowest BCUT2D eigenvalue weighted by Gasteiger charge is -2.28. The molecule has 0 spiro atoms. The van der Waals surface area contributed by atoms with Crippen LogP contribution < -0.4 is 4.74 Å². The monoisotopic (exact) mass is 220 g/mol. The summed E-state index contributed by atoms with van der Waals surface area (Å²) in [5.41, 5.74) is 2.38. The van der Waals surface area contributed by atoms with Crippen molar-refractivity contribution in [2.75, 3.05) is 6.61 Å². The number of hydrogen-bond donors (Lipinski definition) is 1. The van der Waals surface area contributed by atoms with E-state index in [1.165, 1.54) is 5.56 Å². The molecular weight excluding hydrogens is 200 g/mol. The number of ether oxygens (including phenoxy) is 1. The molecule has 1 aromatic rings. The van der Waals surface area contributed by atoms with Crippen LogP contribution in [0.5, 0.6) is 5.75 Å². The lowest BCUT2D eigenvalue weighted by Crippen LogP contribution is -2.19. The highest BCUT2D eigenvalue weighted by Crippen LogP contribution is 2.36. The van der Waals surface area contributed by atoms with Gasteiger partial charge in [-0.25, -0.2) is 0 Å². The maximum absolute atomic E-state index is 9.94. The summed E-state index contributed by atoms with van der Waals surface area (Å²) in [6.45, 7) is 7.26. The number of aliphatic hydroxyl groups excluding tert-OH is 1. The molecular formula is C14H20O2. The van der Waals surface area contributed by atoms with Crippen LogP contribution in [-0.4, -0.2) is 11.7 Å². The van der Waals surface area contributed by atoms with Crippen LogP contribution in [0.15, 0.2) is 18.2 Å². The Labute approximate surface area is 97.3 Å². The third kappa shape index (κ3) is 1.94. The van der Waals surface area contributed by atoms with Crippen LogP contribution >= 0.6 is 0 Å². The van der Waals surface area contributed by atoms with E-state index in [0.717, 1.165) is 17.7 Å². The molecule has 1 atom stereocenters. The summed E-state index contributed by atoms with van der Waals surface area (Å²) in [4.78, 5) is 0. The Balaban J connectivity index is 2.41. The van der Waals surface area contributed by atoms with Gasteiger partial charge in [0.25, 0.3) is 0 Å². The first-order valence-electron chi connectivity index (χ1n) is 6.00. The summed E-state index contributed by atoms with van der Waals surface area (Å²) in [6.07, 6.45) is 1.42. The third-order valence-corrected chi connectivity index (χ3v) is 3.68. The van der Waals surface area contributed by atoms with Gasteiger partial charge in [0.1, 0.15) is 5.75 Å². The fourth-order valence-electron chi connectivity index (χ4n) is 2.00. The van der Waals surface area contributed by atoms with Gasteiger partial charge in [0.05, 0.1) is 12.7 Å². The van der Waals surface area contributed by atoms with Crippen molar-refractivity contribution in [3.63, 3.8) is 0 Å². The number of hydrogen-bond acceptors (Lipinski definition) is 2. The maximum Gasteiger partial charge on any atom is 0.125 e. The first-order valence-corrected chi connectivity index (χ1v) is 6.00. The average Bonchev–Trinajstić information content (AvgIpc) is 2.29. The van der Waals surface area contributed by atoms with Crippen LogP contribution in [0.4, 0.5) is 0 Å². The summed E-state index contributed by atoms with van der Waals surface area (Å²) < 4.78 is 5.54. The fourth-order valence-corrected chi connectivity index (χ4v) is 2.00. The van der Waals surface area contributed by atoms with Crippen molar-refractivity contribution in [2.24, 2.45) is 0 Å². The van der Waals surface area contributed by atoms with Gasteiger partial charge in [-0.05, 0) is 29.5 Å². The molecule has 2 heteroatoms. The highest BCUT2D eigenvalue weighted by molar-refractivity contribution is 5.42. The van der Waals surface area contributed by atoms with Crippen LogP contribution in [0.1, 0.15) is 50.8 Å². The largest absolute Gasteiger partial charge is 0.493 e. The SMILES string of the molecule is CCC(C)(C)c1ccc2c(c1)C(O)CCO2. The van der Waals surface area contributed by atoms with Gasteiger partial charge >= 0.3 is 0 Å². The summed E-state index contributed by atoms with van der Waals surface area (Å²) in [6, 6.07) is 6.20. The molecule has 1 aliphatic rings. The summed E-state index contributed by atoms with van der Waals surface area (Å²) >= 11 is 0. The van der Waals surface area contributed by atoms with E-state index in [-0.39, 0.29) is 11.5 Å². The second-order valence-electron chi connectivity index (χ2n) is 5.14. The van der Waals surface area contributed by atoms with Crippen LogP contribution in [-0.2, 0) is 5.41 Å². The molecule has 1 aromatic carbocycles. The molecule has 0 saturated carbocycles. The smallest absolute Gasteiger partial charge is 0.125 e. The molecule has 1 heterocycles. The van der Waals surface area contributed by atoms with Crippen molar-refractivity contribution in [3.05, 3.63) is 29.3 Å². The zero-order valence-electron chi connectivity index (χ0n) is 10.3. The molecule has 1 N–H and O–H groups in total. The van der Waals surface area contributed by atoms with Crippen molar-refractivity contribution in [1.82, 2.24) is 0 Å². The van der Waals surface area contributed by atoms with E-state index in [0.29, 0.717) is 13.0 Å². The number of benzene rings is 1. The van der Waals surface area contributed by atoms with Crippen LogP contribution in [0.3, 0.4) is 0 Å². The molecule has 0 fully saturated rings. The van der Waals surface area contributed by atoms with Crippen molar-refractivity contribution in [2.45, 2.75) is 45.1 Å². The Morgan fingerprint density at radius 1 is 1.44 bits per heavy atom. The fraction of sp³-hybridized carbons (Fsp3) is 0.571. The van der Waals surface area contributed by atoms with Gasteiger partial charge in [-0.15, -0.1) is 0 Å².